The average molecular weight is 354 g/mol. The maximum atomic E-state index is 3.77. The van der Waals surface area contributed by atoms with Gasteiger partial charge in [0.2, 0.25) is 0 Å². The van der Waals surface area contributed by atoms with Crippen molar-refractivity contribution in [3.05, 3.63) is 69.2 Å². The van der Waals surface area contributed by atoms with Crippen LogP contribution in [0.1, 0.15) is 27.1 Å². The molecular weight excluding hydrogens is 340 g/mol. The highest BCUT2D eigenvalue weighted by molar-refractivity contribution is 9.10. The molecule has 2 rings (SSSR count). The Kier molecular flexibility index (Phi) is 4.05. The zero-order valence-electron chi connectivity index (χ0n) is 9.87. The minimum absolute atomic E-state index is 0.249. The molecule has 0 amide bonds. The molecule has 0 N–H and O–H groups in total. The fourth-order valence-corrected chi connectivity index (χ4v) is 3.03. The molecule has 0 fully saturated rings. The predicted molar refractivity (Wildman–Crippen MR) is 80.8 cm³/mol. The van der Waals surface area contributed by atoms with Crippen molar-refractivity contribution >= 4 is 31.9 Å². The van der Waals surface area contributed by atoms with Crippen LogP contribution in [-0.2, 0) is 0 Å². The van der Waals surface area contributed by atoms with Gasteiger partial charge in [-0.3, -0.25) is 0 Å². The number of rotatable bonds is 2. The van der Waals surface area contributed by atoms with Gasteiger partial charge in [-0.1, -0.05) is 67.8 Å². The molecule has 0 saturated heterocycles. The summed E-state index contributed by atoms with van der Waals surface area (Å²) in [5, 5.41) is 0. The lowest BCUT2D eigenvalue weighted by Crippen LogP contribution is -1.93. The summed E-state index contributed by atoms with van der Waals surface area (Å²) in [4.78, 5) is 0.249. The van der Waals surface area contributed by atoms with E-state index in [1.54, 1.807) is 0 Å². The zero-order valence-corrected chi connectivity index (χ0v) is 13.0. The van der Waals surface area contributed by atoms with Crippen molar-refractivity contribution in [1.29, 1.82) is 0 Å². The molecule has 0 aliphatic heterocycles. The van der Waals surface area contributed by atoms with E-state index >= 15 is 0 Å². The van der Waals surface area contributed by atoms with Crippen LogP contribution < -0.4 is 0 Å². The lowest BCUT2D eigenvalue weighted by Gasteiger charge is -2.12. The topological polar surface area (TPSA) is 0 Å². The van der Waals surface area contributed by atoms with Crippen LogP contribution in [0.4, 0.5) is 0 Å². The predicted octanol–water partition coefficient (Wildman–Crippen LogP) is 5.55. The molecule has 2 aromatic rings. The maximum Gasteiger partial charge on any atom is 0.0645 e. The van der Waals surface area contributed by atoms with Gasteiger partial charge in [0, 0.05) is 4.47 Å². The molecular formula is C15H14Br2. The Morgan fingerprint density at radius 3 is 2.06 bits per heavy atom. The van der Waals surface area contributed by atoms with Crippen molar-refractivity contribution in [3.8, 4) is 0 Å². The van der Waals surface area contributed by atoms with Gasteiger partial charge in [-0.25, -0.2) is 0 Å². The van der Waals surface area contributed by atoms with E-state index in [4.69, 9.17) is 0 Å². The quantitative estimate of drug-likeness (QED) is 0.621. The number of hydrogen-bond acceptors (Lipinski definition) is 0. The van der Waals surface area contributed by atoms with Gasteiger partial charge in [0.15, 0.2) is 0 Å². The van der Waals surface area contributed by atoms with E-state index in [9.17, 15) is 0 Å². The molecule has 0 aliphatic rings. The fourth-order valence-electron chi connectivity index (χ4n) is 1.84. The van der Waals surface area contributed by atoms with Crippen molar-refractivity contribution in [2.45, 2.75) is 18.7 Å². The molecule has 0 nitrogen and oxygen atoms in total. The molecule has 0 bridgehead atoms. The van der Waals surface area contributed by atoms with Crippen LogP contribution in [0, 0.1) is 13.8 Å². The third-order valence-electron chi connectivity index (χ3n) is 2.73. The monoisotopic (exact) mass is 352 g/mol. The van der Waals surface area contributed by atoms with Crippen molar-refractivity contribution < 1.29 is 0 Å². The van der Waals surface area contributed by atoms with Gasteiger partial charge < -0.3 is 0 Å². The van der Waals surface area contributed by atoms with E-state index in [0.29, 0.717) is 0 Å². The molecule has 1 unspecified atom stereocenters. The van der Waals surface area contributed by atoms with Gasteiger partial charge in [-0.2, -0.15) is 0 Å². The smallest absolute Gasteiger partial charge is 0.0645 e. The number of halogens is 2. The first-order valence-corrected chi connectivity index (χ1v) is 7.25. The molecule has 17 heavy (non-hydrogen) atoms. The highest BCUT2D eigenvalue weighted by atomic mass is 79.9. The first-order chi connectivity index (χ1) is 8.06. The first kappa shape index (κ1) is 12.8. The molecule has 0 radical (unpaired) electrons. The molecule has 0 aromatic heterocycles. The Morgan fingerprint density at radius 1 is 0.824 bits per heavy atom. The lowest BCUT2D eigenvalue weighted by atomic mass is 10.0. The maximum absolute atomic E-state index is 3.77. The van der Waals surface area contributed by atoms with Crippen LogP contribution in [0.3, 0.4) is 0 Å². The number of aryl methyl sites for hydroxylation is 2. The molecule has 1 atom stereocenters. The Bertz CT molecular complexity index is 495. The van der Waals surface area contributed by atoms with E-state index in [-0.39, 0.29) is 4.83 Å². The van der Waals surface area contributed by atoms with Gasteiger partial charge >= 0.3 is 0 Å². The number of benzene rings is 2. The normalized spacial score (nSPS) is 12.5. The minimum atomic E-state index is 0.249. The Hall–Kier alpha value is -0.600. The van der Waals surface area contributed by atoms with Gasteiger partial charge in [-0.15, -0.1) is 0 Å². The van der Waals surface area contributed by atoms with Crippen LogP contribution >= 0.6 is 31.9 Å². The molecule has 0 spiro atoms. The highest BCUT2D eigenvalue weighted by Crippen LogP contribution is 2.32. The van der Waals surface area contributed by atoms with Crippen LogP contribution in [0.25, 0.3) is 0 Å². The fraction of sp³-hybridized carbons (Fsp3) is 0.200. The first-order valence-electron chi connectivity index (χ1n) is 5.54. The van der Waals surface area contributed by atoms with Crippen LogP contribution in [-0.4, -0.2) is 0 Å². The lowest BCUT2D eigenvalue weighted by molar-refractivity contribution is 1.16. The summed E-state index contributed by atoms with van der Waals surface area (Å²) >= 11 is 7.31. The van der Waals surface area contributed by atoms with Crippen molar-refractivity contribution in [1.82, 2.24) is 0 Å². The summed E-state index contributed by atoms with van der Waals surface area (Å²) in [6.07, 6.45) is 0. The third-order valence-corrected chi connectivity index (χ3v) is 4.24. The van der Waals surface area contributed by atoms with Gasteiger partial charge in [0.05, 0.1) is 4.83 Å². The van der Waals surface area contributed by atoms with E-state index in [0.717, 1.165) is 4.47 Å². The van der Waals surface area contributed by atoms with Gasteiger partial charge in [0.1, 0.15) is 0 Å². The van der Waals surface area contributed by atoms with Crippen molar-refractivity contribution in [2.75, 3.05) is 0 Å². The average Bonchev–Trinajstić information content (AvgIpc) is 2.28. The molecule has 2 aromatic carbocycles. The van der Waals surface area contributed by atoms with E-state index in [2.05, 4.69) is 88.2 Å². The Labute approximate surface area is 119 Å². The van der Waals surface area contributed by atoms with Crippen LogP contribution in [0.15, 0.2) is 46.9 Å². The zero-order chi connectivity index (χ0) is 12.4. The van der Waals surface area contributed by atoms with Crippen molar-refractivity contribution in [2.24, 2.45) is 0 Å². The molecule has 0 aliphatic carbocycles. The standard InChI is InChI=1S/C15H14Br2/c1-10-3-5-12(6-4-10)15(17)13-7-11(2)8-14(16)9-13/h3-9,15H,1-2H3. The molecule has 0 saturated carbocycles. The second-order valence-corrected chi connectivity index (χ2v) is 6.17. The number of hydrogen-bond donors (Lipinski definition) is 0. The van der Waals surface area contributed by atoms with E-state index in [1.807, 2.05) is 0 Å². The SMILES string of the molecule is Cc1ccc(C(Br)c2cc(C)cc(Br)c2)cc1. The third kappa shape index (κ3) is 3.20. The largest absolute Gasteiger partial charge is 0.0786 e. The van der Waals surface area contributed by atoms with Crippen LogP contribution in [0.2, 0.25) is 0 Å². The summed E-state index contributed by atoms with van der Waals surface area (Å²) in [5.41, 5.74) is 5.12. The number of alkyl halides is 1. The Morgan fingerprint density at radius 2 is 1.47 bits per heavy atom. The Balaban J connectivity index is 2.36. The second-order valence-electron chi connectivity index (χ2n) is 4.34. The molecule has 2 heteroatoms. The summed E-state index contributed by atoms with van der Waals surface area (Å²) < 4.78 is 1.13. The van der Waals surface area contributed by atoms with Gasteiger partial charge in [-0.05, 0) is 42.7 Å². The van der Waals surface area contributed by atoms with Crippen LogP contribution in [0.5, 0.6) is 0 Å². The van der Waals surface area contributed by atoms with E-state index in [1.165, 1.54) is 22.3 Å². The molecule has 0 heterocycles. The van der Waals surface area contributed by atoms with Crippen molar-refractivity contribution in [3.63, 3.8) is 0 Å². The van der Waals surface area contributed by atoms with Gasteiger partial charge in [0.25, 0.3) is 0 Å². The summed E-state index contributed by atoms with van der Waals surface area (Å²) in [5.74, 6) is 0. The minimum Gasteiger partial charge on any atom is -0.0786 e. The summed E-state index contributed by atoms with van der Waals surface area (Å²) in [6, 6.07) is 15.1. The highest BCUT2D eigenvalue weighted by Gasteiger charge is 2.10. The molecule has 88 valence electrons. The summed E-state index contributed by atoms with van der Waals surface area (Å²) in [6.45, 7) is 4.22. The summed E-state index contributed by atoms with van der Waals surface area (Å²) in [7, 11) is 0. The van der Waals surface area contributed by atoms with E-state index < -0.39 is 0 Å². The second kappa shape index (κ2) is 5.36.